The summed E-state index contributed by atoms with van der Waals surface area (Å²) in [5.41, 5.74) is 1.13. The first-order valence-electron chi connectivity index (χ1n) is 4.75. The Morgan fingerprint density at radius 3 is 2.71 bits per heavy atom. The first-order valence-corrected chi connectivity index (χ1v) is 4.75. The number of allylic oxidation sites excluding steroid dienone is 1. The summed E-state index contributed by atoms with van der Waals surface area (Å²) < 4.78 is 5.33. The Kier molecular flexibility index (Phi) is 4.97. The van der Waals surface area contributed by atoms with E-state index in [1.54, 1.807) is 6.08 Å². The Hall–Kier alpha value is -1.12. The summed E-state index contributed by atoms with van der Waals surface area (Å²) in [4.78, 5) is 0. The largest absolute Gasteiger partial charge is 0.387 e. The van der Waals surface area contributed by atoms with Crippen molar-refractivity contribution in [3.63, 3.8) is 0 Å². The Bertz CT molecular complexity index is 267. The van der Waals surface area contributed by atoms with Crippen LogP contribution in [-0.2, 0) is 11.3 Å². The third-order valence-electron chi connectivity index (χ3n) is 1.81. The highest BCUT2D eigenvalue weighted by Gasteiger charge is 1.98. The Morgan fingerprint density at radius 2 is 2.07 bits per heavy atom. The summed E-state index contributed by atoms with van der Waals surface area (Å²) in [7, 11) is 0. The van der Waals surface area contributed by atoms with Gasteiger partial charge in [0.15, 0.2) is 0 Å². The van der Waals surface area contributed by atoms with E-state index in [4.69, 9.17) is 4.74 Å². The molecule has 0 heterocycles. The van der Waals surface area contributed by atoms with E-state index in [2.05, 4.69) is 0 Å². The van der Waals surface area contributed by atoms with Gasteiger partial charge in [-0.25, -0.2) is 0 Å². The first kappa shape index (κ1) is 11.0. The molecule has 0 spiro atoms. The summed E-state index contributed by atoms with van der Waals surface area (Å²) in [5.74, 6) is 0. The van der Waals surface area contributed by atoms with Crippen molar-refractivity contribution in [1.82, 2.24) is 0 Å². The molecule has 0 aromatic heterocycles. The van der Waals surface area contributed by atoms with Crippen molar-refractivity contribution < 1.29 is 9.84 Å². The molecule has 2 nitrogen and oxygen atoms in total. The second-order valence-electron chi connectivity index (χ2n) is 3.09. The quantitative estimate of drug-likeness (QED) is 0.724. The molecular weight excluding hydrogens is 176 g/mol. The number of benzene rings is 1. The first-order chi connectivity index (χ1) is 6.83. The average molecular weight is 192 g/mol. The van der Waals surface area contributed by atoms with E-state index in [0.717, 1.165) is 5.56 Å². The zero-order valence-corrected chi connectivity index (χ0v) is 8.39. The van der Waals surface area contributed by atoms with Gasteiger partial charge in [0.25, 0.3) is 0 Å². The van der Waals surface area contributed by atoms with Crippen LogP contribution in [0.2, 0.25) is 0 Å². The third kappa shape index (κ3) is 4.21. The van der Waals surface area contributed by atoms with Crippen LogP contribution >= 0.6 is 0 Å². The van der Waals surface area contributed by atoms with Crippen molar-refractivity contribution in [3.8, 4) is 0 Å². The molecule has 1 aromatic rings. The van der Waals surface area contributed by atoms with Gasteiger partial charge in [0.05, 0.1) is 19.3 Å². The van der Waals surface area contributed by atoms with Gasteiger partial charge in [-0.1, -0.05) is 42.5 Å². The third-order valence-corrected chi connectivity index (χ3v) is 1.81. The van der Waals surface area contributed by atoms with Gasteiger partial charge >= 0.3 is 0 Å². The lowest BCUT2D eigenvalue weighted by Gasteiger charge is -2.06. The average Bonchev–Trinajstić information content (AvgIpc) is 2.20. The number of aliphatic hydroxyl groups excluding tert-OH is 1. The van der Waals surface area contributed by atoms with Crippen LogP contribution in [0, 0.1) is 0 Å². The Balaban J connectivity index is 2.22. The highest BCUT2D eigenvalue weighted by molar-refractivity contribution is 5.13. The van der Waals surface area contributed by atoms with Gasteiger partial charge in [-0.05, 0) is 12.5 Å². The highest BCUT2D eigenvalue weighted by Crippen LogP contribution is 2.01. The van der Waals surface area contributed by atoms with Crippen molar-refractivity contribution in [2.75, 3.05) is 6.61 Å². The molecule has 1 rings (SSSR count). The van der Waals surface area contributed by atoms with E-state index < -0.39 is 6.10 Å². The van der Waals surface area contributed by atoms with Gasteiger partial charge in [-0.2, -0.15) is 0 Å². The van der Waals surface area contributed by atoms with E-state index in [1.807, 2.05) is 43.3 Å². The van der Waals surface area contributed by atoms with Crippen molar-refractivity contribution in [2.24, 2.45) is 0 Å². The minimum Gasteiger partial charge on any atom is -0.387 e. The van der Waals surface area contributed by atoms with E-state index >= 15 is 0 Å². The second-order valence-corrected chi connectivity index (χ2v) is 3.09. The molecule has 0 aliphatic heterocycles. The monoisotopic (exact) mass is 192 g/mol. The molecule has 1 N–H and O–H groups in total. The van der Waals surface area contributed by atoms with Crippen LogP contribution in [0.1, 0.15) is 12.5 Å². The zero-order valence-electron chi connectivity index (χ0n) is 8.39. The molecular formula is C12H16O2. The summed E-state index contributed by atoms with van der Waals surface area (Å²) in [6.07, 6.45) is 3.03. The van der Waals surface area contributed by atoms with Gasteiger partial charge in [0.2, 0.25) is 0 Å². The number of rotatable bonds is 5. The molecule has 14 heavy (non-hydrogen) atoms. The highest BCUT2D eigenvalue weighted by atomic mass is 16.5. The number of ether oxygens (including phenoxy) is 1. The number of aliphatic hydroxyl groups is 1. The second kappa shape index (κ2) is 6.35. The predicted octanol–water partition coefficient (Wildman–Crippen LogP) is 2.14. The number of hydrogen-bond donors (Lipinski definition) is 1. The fourth-order valence-corrected chi connectivity index (χ4v) is 1.15. The van der Waals surface area contributed by atoms with Crippen LogP contribution in [0.15, 0.2) is 42.5 Å². The molecule has 0 saturated carbocycles. The zero-order chi connectivity index (χ0) is 10.2. The van der Waals surface area contributed by atoms with Crippen LogP contribution in [0.5, 0.6) is 0 Å². The maximum atomic E-state index is 9.32. The fourth-order valence-electron chi connectivity index (χ4n) is 1.15. The van der Waals surface area contributed by atoms with Gasteiger partial charge in [0.1, 0.15) is 0 Å². The Labute approximate surface area is 84.8 Å². The lowest BCUT2D eigenvalue weighted by molar-refractivity contribution is 0.0503. The fraction of sp³-hybridized carbons (Fsp3) is 0.333. The SMILES string of the molecule is CC=CC(O)COCc1ccccc1. The molecule has 0 aliphatic carbocycles. The minimum absolute atomic E-state index is 0.346. The standard InChI is InChI=1S/C12H16O2/c1-2-6-12(13)10-14-9-11-7-4-3-5-8-11/h2-8,12-13H,9-10H2,1H3. The molecule has 0 bridgehead atoms. The van der Waals surface area contributed by atoms with E-state index in [0.29, 0.717) is 13.2 Å². The molecule has 76 valence electrons. The van der Waals surface area contributed by atoms with E-state index in [9.17, 15) is 5.11 Å². The van der Waals surface area contributed by atoms with E-state index in [-0.39, 0.29) is 0 Å². The summed E-state index contributed by atoms with van der Waals surface area (Å²) in [6, 6.07) is 9.92. The molecule has 0 fully saturated rings. The van der Waals surface area contributed by atoms with Crippen molar-refractivity contribution in [1.29, 1.82) is 0 Å². The minimum atomic E-state index is -0.497. The maximum absolute atomic E-state index is 9.32. The summed E-state index contributed by atoms with van der Waals surface area (Å²) in [5, 5.41) is 9.32. The summed E-state index contributed by atoms with van der Waals surface area (Å²) in [6.45, 7) is 2.77. The van der Waals surface area contributed by atoms with Gasteiger partial charge in [-0.15, -0.1) is 0 Å². The van der Waals surface area contributed by atoms with Crippen LogP contribution in [0.25, 0.3) is 0 Å². The molecule has 0 amide bonds. The molecule has 1 aromatic carbocycles. The predicted molar refractivity (Wildman–Crippen MR) is 56.9 cm³/mol. The van der Waals surface area contributed by atoms with E-state index in [1.165, 1.54) is 0 Å². The molecule has 1 unspecified atom stereocenters. The van der Waals surface area contributed by atoms with Gasteiger partial charge < -0.3 is 9.84 Å². The summed E-state index contributed by atoms with van der Waals surface area (Å²) >= 11 is 0. The van der Waals surface area contributed by atoms with Gasteiger partial charge in [0, 0.05) is 0 Å². The topological polar surface area (TPSA) is 29.5 Å². The molecule has 2 heteroatoms. The lowest BCUT2D eigenvalue weighted by atomic mass is 10.2. The molecule has 0 aliphatic rings. The van der Waals surface area contributed by atoms with Crippen LogP contribution in [0.4, 0.5) is 0 Å². The Morgan fingerprint density at radius 1 is 1.36 bits per heavy atom. The smallest absolute Gasteiger partial charge is 0.0954 e. The van der Waals surface area contributed by atoms with Crippen molar-refractivity contribution in [3.05, 3.63) is 48.0 Å². The van der Waals surface area contributed by atoms with Crippen LogP contribution < -0.4 is 0 Å². The molecule has 0 radical (unpaired) electrons. The van der Waals surface area contributed by atoms with Crippen molar-refractivity contribution in [2.45, 2.75) is 19.6 Å². The maximum Gasteiger partial charge on any atom is 0.0954 e. The normalized spacial score (nSPS) is 13.3. The lowest BCUT2D eigenvalue weighted by Crippen LogP contribution is -2.11. The molecule has 1 atom stereocenters. The molecule has 0 saturated heterocycles. The van der Waals surface area contributed by atoms with Crippen LogP contribution in [0.3, 0.4) is 0 Å². The van der Waals surface area contributed by atoms with Crippen LogP contribution in [-0.4, -0.2) is 17.8 Å². The van der Waals surface area contributed by atoms with Gasteiger partial charge in [-0.3, -0.25) is 0 Å². The number of hydrogen-bond acceptors (Lipinski definition) is 2. The van der Waals surface area contributed by atoms with Crippen molar-refractivity contribution >= 4 is 0 Å².